The Hall–Kier alpha value is -2.74. The van der Waals surface area contributed by atoms with Crippen molar-refractivity contribution >= 4 is 5.91 Å². The Morgan fingerprint density at radius 2 is 2.12 bits per heavy atom. The van der Waals surface area contributed by atoms with Crippen molar-refractivity contribution < 1.29 is 9.90 Å². The number of hydrogen-bond acceptors (Lipinski definition) is 5. The quantitative estimate of drug-likeness (QED) is 0.591. The van der Waals surface area contributed by atoms with Crippen LogP contribution in [0.3, 0.4) is 0 Å². The van der Waals surface area contributed by atoms with Crippen molar-refractivity contribution in [2.45, 2.75) is 31.4 Å². The smallest absolute Gasteiger partial charge is 0.326 e. The first-order chi connectivity index (χ1) is 11.5. The molecule has 3 rings (SSSR count). The van der Waals surface area contributed by atoms with Crippen LogP contribution in [0, 0.1) is 5.92 Å². The fourth-order valence-electron chi connectivity index (χ4n) is 2.88. The third kappa shape index (κ3) is 3.77. The van der Waals surface area contributed by atoms with Gasteiger partial charge in [0.25, 0.3) is 11.5 Å². The van der Waals surface area contributed by atoms with Crippen LogP contribution in [0.5, 0.6) is 0 Å². The van der Waals surface area contributed by atoms with E-state index >= 15 is 0 Å². The van der Waals surface area contributed by atoms with Crippen molar-refractivity contribution in [3.05, 3.63) is 62.7 Å². The van der Waals surface area contributed by atoms with E-state index in [4.69, 9.17) is 0 Å². The van der Waals surface area contributed by atoms with E-state index in [0.29, 0.717) is 19.3 Å². The van der Waals surface area contributed by atoms with Crippen molar-refractivity contribution in [1.29, 1.82) is 0 Å². The highest BCUT2D eigenvalue weighted by molar-refractivity contribution is 5.92. The second kappa shape index (κ2) is 6.79. The lowest BCUT2D eigenvalue weighted by Crippen LogP contribution is -2.48. The number of aliphatic hydroxyl groups is 1. The molecular formula is C16H18N4O4. The molecule has 1 aliphatic rings. The molecule has 8 heteroatoms. The Balaban J connectivity index is 1.77. The van der Waals surface area contributed by atoms with Gasteiger partial charge in [0.1, 0.15) is 5.69 Å². The number of aromatic amines is 2. The summed E-state index contributed by atoms with van der Waals surface area (Å²) >= 11 is 0. The van der Waals surface area contributed by atoms with Gasteiger partial charge in [0.15, 0.2) is 0 Å². The van der Waals surface area contributed by atoms with Gasteiger partial charge >= 0.3 is 5.69 Å². The van der Waals surface area contributed by atoms with Gasteiger partial charge in [-0.05, 0) is 30.9 Å². The molecule has 0 spiro atoms. The van der Waals surface area contributed by atoms with Gasteiger partial charge in [0.2, 0.25) is 0 Å². The largest absolute Gasteiger partial charge is 0.393 e. The molecule has 1 atom stereocenters. The third-order valence-corrected chi connectivity index (χ3v) is 4.20. The van der Waals surface area contributed by atoms with Crippen molar-refractivity contribution in [3.8, 4) is 0 Å². The molecule has 0 bridgehead atoms. The van der Waals surface area contributed by atoms with Gasteiger partial charge in [-0.15, -0.1) is 0 Å². The molecule has 4 N–H and O–H groups in total. The summed E-state index contributed by atoms with van der Waals surface area (Å²) in [6.07, 6.45) is 3.04. The number of hydrogen-bond donors (Lipinski definition) is 4. The molecule has 2 aromatic heterocycles. The molecule has 1 saturated carbocycles. The molecule has 0 unspecified atom stereocenters. The number of aromatic nitrogens is 3. The van der Waals surface area contributed by atoms with Crippen molar-refractivity contribution in [1.82, 2.24) is 20.3 Å². The zero-order valence-corrected chi connectivity index (χ0v) is 12.9. The first-order valence-corrected chi connectivity index (χ1v) is 7.74. The van der Waals surface area contributed by atoms with Gasteiger partial charge in [-0.3, -0.25) is 19.6 Å². The van der Waals surface area contributed by atoms with E-state index in [1.807, 2.05) is 23.2 Å². The highest BCUT2D eigenvalue weighted by Gasteiger charge is 2.35. The lowest BCUT2D eigenvalue weighted by atomic mass is 9.76. The second-order valence-corrected chi connectivity index (χ2v) is 5.99. The van der Waals surface area contributed by atoms with Crippen molar-refractivity contribution in [3.63, 3.8) is 0 Å². The van der Waals surface area contributed by atoms with Crippen molar-refractivity contribution in [2.24, 2.45) is 5.92 Å². The van der Waals surface area contributed by atoms with Gasteiger partial charge in [-0.2, -0.15) is 0 Å². The lowest BCUT2D eigenvalue weighted by molar-refractivity contribution is 0.0237. The zero-order valence-electron chi connectivity index (χ0n) is 12.9. The van der Waals surface area contributed by atoms with E-state index in [1.54, 1.807) is 6.20 Å². The Kier molecular flexibility index (Phi) is 4.57. The van der Waals surface area contributed by atoms with Crippen LogP contribution in [0.4, 0.5) is 0 Å². The molecule has 1 fully saturated rings. The van der Waals surface area contributed by atoms with E-state index in [9.17, 15) is 19.5 Å². The minimum atomic E-state index is -0.729. The van der Waals surface area contributed by atoms with E-state index in [0.717, 1.165) is 11.8 Å². The molecule has 126 valence electrons. The fourth-order valence-corrected chi connectivity index (χ4v) is 2.88. The standard InChI is InChI=1S/C16H18N4O4/c21-11-5-9(6-11)12(7-10-3-1-2-4-17-10)18-15(23)13-8-14(22)20-16(24)19-13/h1-4,8-9,11-12,21H,5-7H2,(H,18,23)(H2,19,20,22,24)/t9?,11?,12-/m1/s1. The summed E-state index contributed by atoms with van der Waals surface area (Å²) in [7, 11) is 0. The summed E-state index contributed by atoms with van der Waals surface area (Å²) in [5.41, 5.74) is -0.629. The lowest BCUT2D eigenvalue weighted by Gasteiger charge is -2.38. The monoisotopic (exact) mass is 330 g/mol. The molecule has 0 saturated heterocycles. The first-order valence-electron chi connectivity index (χ1n) is 7.74. The summed E-state index contributed by atoms with van der Waals surface area (Å²) in [5, 5.41) is 12.4. The van der Waals surface area contributed by atoms with Gasteiger partial charge in [0, 0.05) is 30.4 Å². The number of rotatable bonds is 5. The molecule has 8 nitrogen and oxygen atoms in total. The summed E-state index contributed by atoms with van der Waals surface area (Å²) in [6, 6.07) is 6.35. The molecule has 0 aromatic carbocycles. The summed E-state index contributed by atoms with van der Waals surface area (Å²) in [5.74, 6) is -0.403. The zero-order chi connectivity index (χ0) is 17.1. The van der Waals surface area contributed by atoms with Crippen LogP contribution in [0.1, 0.15) is 29.0 Å². The summed E-state index contributed by atoms with van der Waals surface area (Å²) < 4.78 is 0. The fraction of sp³-hybridized carbons (Fsp3) is 0.375. The molecular weight excluding hydrogens is 312 g/mol. The second-order valence-electron chi connectivity index (χ2n) is 5.99. The van der Waals surface area contributed by atoms with E-state index in [2.05, 4.69) is 15.3 Å². The Morgan fingerprint density at radius 1 is 1.33 bits per heavy atom. The third-order valence-electron chi connectivity index (χ3n) is 4.20. The summed E-state index contributed by atoms with van der Waals surface area (Å²) in [6.45, 7) is 0. The van der Waals surface area contributed by atoms with E-state index in [1.165, 1.54) is 0 Å². The van der Waals surface area contributed by atoms with Crippen LogP contribution in [0.25, 0.3) is 0 Å². The van der Waals surface area contributed by atoms with Crippen LogP contribution in [0.15, 0.2) is 40.1 Å². The van der Waals surface area contributed by atoms with Gasteiger partial charge in [-0.1, -0.05) is 6.07 Å². The molecule has 0 aliphatic heterocycles. The average molecular weight is 330 g/mol. The summed E-state index contributed by atoms with van der Waals surface area (Å²) in [4.78, 5) is 43.6. The predicted molar refractivity (Wildman–Crippen MR) is 85.6 cm³/mol. The van der Waals surface area contributed by atoms with E-state index < -0.39 is 17.2 Å². The van der Waals surface area contributed by atoms with Crippen LogP contribution >= 0.6 is 0 Å². The number of H-pyrrole nitrogens is 2. The van der Waals surface area contributed by atoms with Gasteiger partial charge in [-0.25, -0.2) is 4.79 Å². The Bertz CT molecular complexity index is 795. The normalized spacial score (nSPS) is 20.9. The minimum absolute atomic E-state index is 0.0883. The first kappa shape index (κ1) is 16.1. The van der Waals surface area contributed by atoms with Gasteiger partial charge < -0.3 is 15.4 Å². The Morgan fingerprint density at radius 3 is 2.75 bits per heavy atom. The highest BCUT2D eigenvalue weighted by atomic mass is 16.3. The SMILES string of the molecule is O=C(N[C@H](Cc1ccccn1)C1CC(O)C1)c1cc(=O)[nH]c(=O)[nH]1. The van der Waals surface area contributed by atoms with Crippen LogP contribution < -0.4 is 16.6 Å². The van der Waals surface area contributed by atoms with Crippen LogP contribution in [0.2, 0.25) is 0 Å². The van der Waals surface area contributed by atoms with E-state index in [-0.39, 0.29) is 23.8 Å². The molecule has 2 heterocycles. The molecule has 0 radical (unpaired) electrons. The number of amides is 1. The number of carbonyl (C=O) groups is 1. The molecule has 24 heavy (non-hydrogen) atoms. The molecule has 2 aromatic rings. The predicted octanol–water partition coefficient (Wildman–Crippen LogP) is -0.430. The molecule has 1 aliphatic carbocycles. The maximum Gasteiger partial charge on any atom is 0.326 e. The van der Waals surface area contributed by atoms with Crippen LogP contribution in [-0.4, -0.2) is 38.1 Å². The number of aliphatic hydroxyl groups excluding tert-OH is 1. The minimum Gasteiger partial charge on any atom is -0.393 e. The highest BCUT2D eigenvalue weighted by Crippen LogP contribution is 2.31. The maximum absolute atomic E-state index is 12.4. The van der Waals surface area contributed by atoms with Crippen LogP contribution in [-0.2, 0) is 6.42 Å². The van der Waals surface area contributed by atoms with Gasteiger partial charge in [0.05, 0.1) is 6.10 Å². The maximum atomic E-state index is 12.4. The average Bonchev–Trinajstić information content (AvgIpc) is 2.51. The Labute approximate surface area is 137 Å². The number of nitrogens with zero attached hydrogens (tertiary/aromatic N) is 1. The number of nitrogens with one attached hydrogen (secondary N) is 3. The molecule has 1 amide bonds. The van der Waals surface area contributed by atoms with Crippen molar-refractivity contribution in [2.75, 3.05) is 0 Å². The number of pyridine rings is 1. The topological polar surface area (TPSA) is 128 Å². The number of carbonyl (C=O) groups excluding carboxylic acids is 1.